The molecule has 3 heteroatoms. The highest BCUT2D eigenvalue weighted by molar-refractivity contribution is 7.07. The zero-order valence-electron chi connectivity index (χ0n) is 9.27. The Morgan fingerprint density at radius 3 is 2.94 bits per heavy atom. The Balaban J connectivity index is 1.96. The lowest BCUT2D eigenvalue weighted by Gasteiger charge is -2.07. The maximum absolute atomic E-state index is 5.11. The number of nitrogens with one attached hydrogen (secondary N) is 1. The number of benzene rings is 1. The molecule has 0 bridgehead atoms. The smallest absolute Gasteiger partial charge is 0.0713 e. The summed E-state index contributed by atoms with van der Waals surface area (Å²) in [4.78, 5) is 0. The lowest BCUT2D eigenvalue weighted by molar-refractivity contribution is 0.185. The molecule has 2 aromatic rings. The molecule has 0 atom stereocenters. The zero-order chi connectivity index (χ0) is 11.2. The molecule has 1 heterocycles. The van der Waals surface area contributed by atoms with Crippen molar-refractivity contribution in [2.75, 3.05) is 12.4 Å². The largest absolute Gasteiger partial charge is 0.381 e. The van der Waals surface area contributed by atoms with Crippen LogP contribution < -0.4 is 5.32 Å². The molecule has 16 heavy (non-hydrogen) atoms. The van der Waals surface area contributed by atoms with Crippen LogP contribution in [0.1, 0.15) is 11.1 Å². The van der Waals surface area contributed by atoms with Gasteiger partial charge in [-0.2, -0.15) is 11.3 Å². The van der Waals surface area contributed by atoms with Crippen LogP contribution in [0.15, 0.2) is 41.1 Å². The number of methoxy groups -OCH3 is 1. The second-order valence-corrected chi connectivity index (χ2v) is 4.40. The molecule has 0 saturated heterocycles. The van der Waals surface area contributed by atoms with Crippen LogP contribution in [0.5, 0.6) is 0 Å². The molecule has 0 aliphatic rings. The van der Waals surface area contributed by atoms with Crippen LogP contribution in [0.25, 0.3) is 0 Å². The summed E-state index contributed by atoms with van der Waals surface area (Å²) in [5.74, 6) is 0. The Kier molecular flexibility index (Phi) is 3.97. The first-order valence-electron chi connectivity index (χ1n) is 5.21. The van der Waals surface area contributed by atoms with Gasteiger partial charge in [-0.25, -0.2) is 0 Å². The number of hydrogen-bond donors (Lipinski definition) is 1. The van der Waals surface area contributed by atoms with Gasteiger partial charge in [-0.1, -0.05) is 12.1 Å². The van der Waals surface area contributed by atoms with Crippen molar-refractivity contribution in [3.05, 3.63) is 52.2 Å². The average molecular weight is 233 g/mol. The molecule has 2 rings (SSSR count). The van der Waals surface area contributed by atoms with Crippen LogP contribution in [0.4, 0.5) is 5.69 Å². The van der Waals surface area contributed by atoms with Crippen LogP contribution >= 0.6 is 11.3 Å². The van der Waals surface area contributed by atoms with Crippen molar-refractivity contribution in [1.82, 2.24) is 0 Å². The van der Waals surface area contributed by atoms with Gasteiger partial charge in [0.05, 0.1) is 6.61 Å². The molecule has 0 amide bonds. The van der Waals surface area contributed by atoms with Gasteiger partial charge in [0.2, 0.25) is 0 Å². The summed E-state index contributed by atoms with van der Waals surface area (Å²) < 4.78 is 5.11. The van der Waals surface area contributed by atoms with Gasteiger partial charge in [-0.3, -0.25) is 0 Å². The Hall–Kier alpha value is -1.32. The second kappa shape index (κ2) is 5.68. The highest BCUT2D eigenvalue weighted by atomic mass is 32.1. The highest BCUT2D eigenvalue weighted by Gasteiger charge is 1.96. The maximum atomic E-state index is 5.11. The number of thiophene rings is 1. The Labute approximate surface area is 99.9 Å². The summed E-state index contributed by atoms with van der Waals surface area (Å²) in [5, 5.41) is 7.65. The Morgan fingerprint density at radius 1 is 1.25 bits per heavy atom. The SMILES string of the molecule is COCc1cccc(NCc2ccsc2)c1. The van der Waals surface area contributed by atoms with Crippen molar-refractivity contribution < 1.29 is 4.74 Å². The van der Waals surface area contributed by atoms with Crippen molar-refractivity contribution in [1.29, 1.82) is 0 Å². The van der Waals surface area contributed by atoms with E-state index in [0.717, 1.165) is 12.2 Å². The lowest BCUT2D eigenvalue weighted by Crippen LogP contribution is -1.98. The summed E-state index contributed by atoms with van der Waals surface area (Å²) in [5.41, 5.74) is 3.65. The topological polar surface area (TPSA) is 21.3 Å². The summed E-state index contributed by atoms with van der Waals surface area (Å²) in [6.07, 6.45) is 0. The average Bonchev–Trinajstić information content (AvgIpc) is 2.80. The third-order valence-corrected chi connectivity index (χ3v) is 3.05. The van der Waals surface area contributed by atoms with Crippen LogP contribution in [0, 0.1) is 0 Å². The molecule has 2 nitrogen and oxygen atoms in total. The van der Waals surface area contributed by atoms with Gasteiger partial charge in [0.1, 0.15) is 0 Å². The van der Waals surface area contributed by atoms with E-state index in [9.17, 15) is 0 Å². The van der Waals surface area contributed by atoms with E-state index in [-0.39, 0.29) is 0 Å². The third-order valence-electron chi connectivity index (χ3n) is 2.31. The lowest BCUT2D eigenvalue weighted by atomic mass is 10.2. The van der Waals surface area contributed by atoms with Gasteiger partial charge < -0.3 is 10.1 Å². The van der Waals surface area contributed by atoms with Gasteiger partial charge in [-0.15, -0.1) is 0 Å². The Morgan fingerprint density at radius 2 is 2.19 bits per heavy atom. The quantitative estimate of drug-likeness (QED) is 0.853. The van der Waals surface area contributed by atoms with Crippen molar-refractivity contribution in [2.24, 2.45) is 0 Å². The first kappa shape index (κ1) is 11.2. The molecular formula is C13H15NOS. The maximum Gasteiger partial charge on any atom is 0.0713 e. The van der Waals surface area contributed by atoms with E-state index in [1.54, 1.807) is 18.4 Å². The van der Waals surface area contributed by atoms with Crippen molar-refractivity contribution in [2.45, 2.75) is 13.2 Å². The summed E-state index contributed by atoms with van der Waals surface area (Å²) in [6, 6.07) is 10.4. The fourth-order valence-electron chi connectivity index (χ4n) is 1.54. The minimum Gasteiger partial charge on any atom is -0.381 e. The van der Waals surface area contributed by atoms with E-state index in [4.69, 9.17) is 4.74 Å². The molecule has 0 aliphatic carbocycles. The molecule has 0 saturated carbocycles. The monoisotopic (exact) mass is 233 g/mol. The number of hydrogen-bond acceptors (Lipinski definition) is 3. The molecule has 0 unspecified atom stereocenters. The Bertz CT molecular complexity index is 425. The number of anilines is 1. The van der Waals surface area contributed by atoms with Gasteiger partial charge in [0.25, 0.3) is 0 Å². The van der Waals surface area contributed by atoms with E-state index < -0.39 is 0 Å². The minimum atomic E-state index is 0.661. The van der Waals surface area contributed by atoms with E-state index in [1.165, 1.54) is 11.1 Å². The van der Waals surface area contributed by atoms with Gasteiger partial charge in [0.15, 0.2) is 0 Å². The van der Waals surface area contributed by atoms with Gasteiger partial charge in [0, 0.05) is 19.3 Å². The van der Waals surface area contributed by atoms with Crippen molar-refractivity contribution in [3.63, 3.8) is 0 Å². The molecule has 84 valence electrons. The molecule has 0 aliphatic heterocycles. The van der Waals surface area contributed by atoms with Crippen LogP contribution in [0.2, 0.25) is 0 Å². The van der Waals surface area contributed by atoms with Crippen molar-refractivity contribution >= 4 is 17.0 Å². The van der Waals surface area contributed by atoms with Gasteiger partial charge in [-0.05, 0) is 40.1 Å². The van der Waals surface area contributed by atoms with E-state index >= 15 is 0 Å². The molecular weight excluding hydrogens is 218 g/mol. The van der Waals surface area contributed by atoms with Crippen molar-refractivity contribution in [3.8, 4) is 0 Å². The molecule has 0 radical (unpaired) electrons. The van der Waals surface area contributed by atoms with E-state index in [0.29, 0.717) is 6.61 Å². The molecule has 0 spiro atoms. The van der Waals surface area contributed by atoms with Crippen LogP contribution in [-0.2, 0) is 17.9 Å². The first-order valence-corrected chi connectivity index (χ1v) is 6.15. The fraction of sp³-hybridized carbons (Fsp3) is 0.231. The van der Waals surface area contributed by atoms with Crippen LogP contribution in [-0.4, -0.2) is 7.11 Å². The minimum absolute atomic E-state index is 0.661. The fourth-order valence-corrected chi connectivity index (χ4v) is 2.20. The van der Waals surface area contributed by atoms with E-state index in [1.807, 2.05) is 6.07 Å². The zero-order valence-corrected chi connectivity index (χ0v) is 10.1. The molecule has 1 aromatic carbocycles. The highest BCUT2D eigenvalue weighted by Crippen LogP contribution is 2.13. The number of ether oxygens (including phenoxy) is 1. The molecule has 1 aromatic heterocycles. The predicted molar refractivity (Wildman–Crippen MR) is 68.8 cm³/mol. The summed E-state index contributed by atoms with van der Waals surface area (Å²) in [6.45, 7) is 1.54. The van der Waals surface area contributed by atoms with E-state index in [2.05, 4.69) is 40.3 Å². The normalized spacial score (nSPS) is 10.3. The van der Waals surface area contributed by atoms with Gasteiger partial charge >= 0.3 is 0 Å². The first-order chi connectivity index (χ1) is 7.88. The molecule has 1 N–H and O–H groups in total. The number of rotatable bonds is 5. The van der Waals surface area contributed by atoms with Crippen LogP contribution in [0.3, 0.4) is 0 Å². The predicted octanol–water partition coefficient (Wildman–Crippen LogP) is 3.51. The molecule has 0 fully saturated rings. The standard InChI is InChI=1S/C13H15NOS/c1-15-9-11-3-2-4-13(7-11)14-8-12-5-6-16-10-12/h2-7,10,14H,8-9H2,1H3. The summed E-state index contributed by atoms with van der Waals surface area (Å²) in [7, 11) is 1.71. The third kappa shape index (κ3) is 3.08. The second-order valence-electron chi connectivity index (χ2n) is 3.62. The summed E-state index contributed by atoms with van der Waals surface area (Å²) >= 11 is 1.73.